The van der Waals surface area contributed by atoms with Gasteiger partial charge in [0.2, 0.25) is 5.91 Å². The lowest BCUT2D eigenvalue weighted by Gasteiger charge is -2.16. The average molecular weight is 508 g/mol. The number of nitrogens with zero attached hydrogens (tertiary/aromatic N) is 4. The Hall–Kier alpha value is -3.09. The van der Waals surface area contributed by atoms with Crippen LogP contribution in [-0.4, -0.2) is 26.4 Å². The molecule has 1 aliphatic rings. The Bertz CT molecular complexity index is 1240. The van der Waals surface area contributed by atoms with Crippen molar-refractivity contribution in [3.8, 4) is 11.8 Å². The summed E-state index contributed by atoms with van der Waals surface area (Å²) in [5.41, 5.74) is 2.91. The van der Waals surface area contributed by atoms with E-state index in [1.165, 1.54) is 23.1 Å². The molecule has 1 amide bonds. The Morgan fingerprint density at radius 1 is 1.31 bits per heavy atom. The molecule has 0 spiro atoms. The van der Waals surface area contributed by atoms with Crippen molar-refractivity contribution in [3.63, 3.8) is 0 Å². The zero-order valence-corrected chi connectivity index (χ0v) is 21.7. The van der Waals surface area contributed by atoms with Crippen LogP contribution < -0.4 is 10.1 Å². The minimum atomic E-state index is -0.326. The van der Waals surface area contributed by atoms with E-state index in [1.54, 1.807) is 17.4 Å². The topological polar surface area (TPSA) is 92.8 Å². The molecule has 2 heterocycles. The van der Waals surface area contributed by atoms with Gasteiger partial charge in [-0.3, -0.25) is 9.36 Å². The van der Waals surface area contributed by atoms with Gasteiger partial charge in [0.1, 0.15) is 16.8 Å². The summed E-state index contributed by atoms with van der Waals surface area (Å²) in [7, 11) is 0. The van der Waals surface area contributed by atoms with Crippen LogP contribution in [0.4, 0.5) is 5.00 Å². The molecule has 0 fully saturated rings. The Morgan fingerprint density at radius 2 is 2.09 bits per heavy atom. The van der Waals surface area contributed by atoms with Crippen LogP contribution in [0.3, 0.4) is 0 Å². The molecule has 0 saturated carbocycles. The van der Waals surface area contributed by atoms with E-state index in [4.69, 9.17) is 4.74 Å². The van der Waals surface area contributed by atoms with Gasteiger partial charge in [0.15, 0.2) is 17.1 Å². The number of allylic oxidation sites excluding steroid dienone is 1. The molecule has 0 saturated heterocycles. The molecule has 1 atom stereocenters. The van der Waals surface area contributed by atoms with E-state index < -0.39 is 0 Å². The van der Waals surface area contributed by atoms with Crippen molar-refractivity contribution in [1.82, 2.24) is 14.8 Å². The van der Waals surface area contributed by atoms with E-state index in [0.29, 0.717) is 28.1 Å². The van der Waals surface area contributed by atoms with Crippen LogP contribution in [-0.2, 0) is 24.2 Å². The van der Waals surface area contributed by atoms with Gasteiger partial charge in [-0.15, -0.1) is 28.1 Å². The molecular formula is C26H29N5O2S2. The zero-order valence-electron chi connectivity index (χ0n) is 20.0. The van der Waals surface area contributed by atoms with Crippen LogP contribution in [0.15, 0.2) is 42.1 Å². The number of anilines is 1. The quantitative estimate of drug-likeness (QED) is 0.222. The minimum absolute atomic E-state index is 0.163. The van der Waals surface area contributed by atoms with Crippen LogP contribution in [0.1, 0.15) is 59.7 Å². The number of benzene rings is 1. The van der Waals surface area contributed by atoms with Gasteiger partial charge in [-0.25, -0.2) is 0 Å². The molecule has 9 heteroatoms. The second kappa shape index (κ2) is 11.6. The largest absolute Gasteiger partial charge is 0.483 e. The molecule has 1 aromatic carbocycles. The van der Waals surface area contributed by atoms with E-state index in [0.717, 1.165) is 42.6 Å². The Morgan fingerprint density at radius 3 is 2.83 bits per heavy atom. The molecule has 35 heavy (non-hydrogen) atoms. The molecule has 0 aliphatic heterocycles. The van der Waals surface area contributed by atoms with Crippen molar-refractivity contribution in [2.75, 3.05) is 11.1 Å². The highest BCUT2D eigenvalue weighted by molar-refractivity contribution is 7.99. The van der Waals surface area contributed by atoms with Gasteiger partial charge in [0.05, 0.1) is 11.3 Å². The third-order valence-corrected chi connectivity index (χ3v) is 8.05. The predicted molar refractivity (Wildman–Crippen MR) is 140 cm³/mol. The van der Waals surface area contributed by atoms with Crippen molar-refractivity contribution in [2.45, 2.75) is 63.8 Å². The third-order valence-electron chi connectivity index (χ3n) is 5.87. The summed E-state index contributed by atoms with van der Waals surface area (Å²) in [5.74, 6) is 1.42. The number of fused-ring (bicyclic) bond motifs is 1. The summed E-state index contributed by atoms with van der Waals surface area (Å²) in [6.45, 7) is 8.30. The first-order chi connectivity index (χ1) is 17.0. The van der Waals surface area contributed by atoms with Crippen molar-refractivity contribution >= 4 is 34.0 Å². The smallest absolute Gasteiger partial charge is 0.235 e. The molecule has 7 nitrogen and oxygen atoms in total. The highest BCUT2D eigenvalue weighted by Gasteiger charge is 2.22. The lowest BCUT2D eigenvalue weighted by atomic mass is 10.1. The minimum Gasteiger partial charge on any atom is -0.483 e. The standard InChI is InChI=1S/C26H29N5O2S2/c1-4-14-31-24(18(3)33-19-12-10-17(2)11-13-19)29-30-26(31)34-16-23(32)28-25-21(15-27)20-8-6-5-7-9-22(20)35-25/h4,10-13,18H,1,5-9,14,16H2,2-3H3,(H,28,32). The van der Waals surface area contributed by atoms with Gasteiger partial charge >= 0.3 is 0 Å². The number of nitriles is 1. The maximum absolute atomic E-state index is 12.8. The molecule has 182 valence electrons. The summed E-state index contributed by atoms with van der Waals surface area (Å²) >= 11 is 2.85. The van der Waals surface area contributed by atoms with Crippen LogP contribution in [0, 0.1) is 18.3 Å². The fourth-order valence-electron chi connectivity index (χ4n) is 4.12. The van der Waals surface area contributed by atoms with Crippen molar-refractivity contribution in [1.29, 1.82) is 5.26 Å². The van der Waals surface area contributed by atoms with Gasteiger partial charge < -0.3 is 10.1 Å². The molecule has 2 aromatic heterocycles. The molecule has 1 unspecified atom stereocenters. The van der Waals surface area contributed by atoms with Crippen LogP contribution in [0.2, 0.25) is 0 Å². The number of nitrogens with one attached hydrogen (secondary N) is 1. The number of thiophene rings is 1. The molecule has 1 N–H and O–H groups in total. The molecule has 4 rings (SSSR count). The number of hydrogen-bond acceptors (Lipinski definition) is 7. The summed E-state index contributed by atoms with van der Waals surface area (Å²) in [6.07, 6.45) is 6.75. The van der Waals surface area contributed by atoms with E-state index in [-0.39, 0.29) is 17.8 Å². The monoisotopic (exact) mass is 507 g/mol. The molecular weight excluding hydrogens is 478 g/mol. The predicted octanol–water partition coefficient (Wildman–Crippen LogP) is 5.85. The maximum atomic E-state index is 12.8. The van der Waals surface area contributed by atoms with Crippen molar-refractivity contribution in [2.24, 2.45) is 0 Å². The van der Waals surface area contributed by atoms with Crippen LogP contribution in [0.25, 0.3) is 0 Å². The summed E-state index contributed by atoms with van der Waals surface area (Å²) in [4.78, 5) is 14.0. The van der Waals surface area contributed by atoms with E-state index >= 15 is 0 Å². The second-order valence-corrected chi connectivity index (χ2v) is 10.6. The lowest BCUT2D eigenvalue weighted by molar-refractivity contribution is -0.113. The lowest BCUT2D eigenvalue weighted by Crippen LogP contribution is -2.15. The number of rotatable bonds is 9. The van der Waals surface area contributed by atoms with Gasteiger partial charge in [-0.1, -0.05) is 42.0 Å². The number of hydrogen-bond donors (Lipinski definition) is 1. The Labute approximate surface area is 214 Å². The van der Waals surface area contributed by atoms with Crippen LogP contribution >= 0.6 is 23.1 Å². The van der Waals surface area contributed by atoms with Crippen molar-refractivity contribution < 1.29 is 9.53 Å². The van der Waals surface area contributed by atoms with Crippen LogP contribution in [0.5, 0.6) is 5.75 Å². The van der Waals surface area contributed by atoms with Gasteiger partial charge in [0.25, 0.3) is 0 Å². The number of carbonyl (C=O) groups is 1. The fourth-order valence-corrected chi connectivity index (χ4v) is 6.13. The SMILES string of the molecule is C=CCn1c(SCC(=O)Nc2sc3c(c2C#N)CCCCC3)nnc1C(C)Oc1ccc(C)cc1. The first-order valence-corrected chi connectivity index (χ1v) is 13.5. The number of aromatic nitrogens is 3. The first-order valence-electron chi connectivity index (χ1n) is 11.7. The van der Waals surface area contributed by atoms with Gasteiger partial charge in [0, 0.05) is 11.4 Å². The highest BCUT2D eigenvalue weighted by Crippen LogP contribution is 2.37. The summed E-state index contributed by atoms with van der Waals surface area (Å²) in [6, 6.07) is 10.2. The number of aryl methyl sites for hydroxylation is 2. The highest BCUT2D eigenvalue weighted by atomic mass is 32.2. The number of ether oxygens (including phenoxy) is 1. The second-order valence-electron chi connectivity index (χ2n) is 8.53. The maximum Gasteiger partial charge on any atom is 0.235 e. The van der Waals surface area contributed by atoms with E-state index in [2.05, 4.69) is 28.2 Å². The zero-order chi connectivity index (χ0) is 24.8. The summed E-state index contributed by atoms with van der Waals surface area (Å²) < 4.78 is 7.97. The van der Waals surface area contributed by atoms with Gasteiger partial charge in [-0.05, 0) is 57.2 Å². The molecule has 3 aromatic rings. The Kier molecular flexibility index (Phi) is 8.26. The number of carbonyl (C=O) groups excluding carboxylic acids is 1. The van der Waals surface area contributed by atoms with Gasteiger partial charge in [-0.2, -0.15) is 5.26 Å². The van der Waals surface area contributed by atoms with E-state index in [9.17, 15) is 10.1 Å². The van der Waals surface area contributed by atoms with E-state index in [1.807, 2.05) is 42.7 Å². The molecule has 1 aliphatic carbocycles. The number of amides is 1. The Balaban J connectivity index is 1.43. The average Bonchev–Trinajstić information content (AvgIpc) is 3.31. The fraction of sp³-hybridized carbons (Fsp3) is 0.385. The molecule has 0 radical (unpaired) electrons. The number of thioether (sulfide) groups is 1. The first kappa shape index (κ1) is 25.0. The third kappa shape index (κ3) is 5.95. The summed E-state index contributed by atoms with van der Waals surface area (Å²) in [5, 5.41) is 22.6. The van der Waals surface area contributed by atoms with Crippen molar-refractivity contribution in [3.05, 3.63) is 64.3 Å². The molecule has 0 bridgehead atoms. The normalized spacial score (nSPS) is 13.9.